The molecule has 13 heteroatoms. The van der Waals surface area contributed by atoms with Crippen LogP contribution in [0.3, 0.4) is 0 Å². The Bertz CT molecular complexity index is 1710. The van der Waals surface area contributed by atoms with Gasteiger partial charge in [-0.25, -0.2) is 9.78 Å². The Labute approximate surface area is 286 Å². The molecule has 5 atom stereocenters. The highest BCUT2D eigenvalue weighted by molar-refractivity contribution is 5.85. The highest BCUT2D eigenvalue weighted by Gasteiger charge is 2.44. The average Bonchev–Trinajstić information content (AvgIpc) is 3.79. The highest BCUT2D eigenvalue weighted by Crippen LogP contribution is 2.35. The van der Waals surface area contributed by atoms with Crippen molar-refractivity contribution >= 4 is 34.9 Å². The summed E-state index contributed by atoms with van der Waals surface area (Å²) in [7, 11) is 0. The number of aromatic nitrogens is 4. The summed E-state index contributed by atoms with van der Waals surface area (Å²) >= 11 is 0. The van der Waals surface area contributed by atoms with Gasteiger partial charge >= 0.3 is 6.09 Å². The van der Waals surface area contributed by atoms with Crippen molar-refractivity contribution in [3.05, 3.63) is 78.1 Å². The largest absolute Gasteiger partial charge is 0.444 e. The second-order valence-electron chi connectivity index (χ2n) is 13.8. The third-order valence-corrected chi connectivity index (χ3v) is 9.16. The zero-order valence-corrected chi connectivity index (χ0v) is 28.4. The first-order valence-corrected chi connectivity index (χ1v) is 17.0. The van der Waals surface area contributed by atoms with E-state index in [1.54, 1.807) is 17.8 Å². The van der Waals surface area contributed by atoms with Crippen LogP contribution in [0.2, 0.25) is 0 Å². The van der Waals surface area contributed by atoms with Crippen molar-refractivity contribution in [2.24, 2.45) is 0 Å². The lowest BCUT2D eigenvalue weighted by atomic mass is 9.91. The first kappa shape index (κ1) is 34.1. The number of hydrogen-bond acceptors (Lipinski definition) is 10. The predicted octanol–water partition coefficient (Wildman–Crippen LogP) is 3.74. The van der Waals surface area contributed by atoms with Gasteiger partial charge in [0, 0.05) is 32.0 Å². The Kier molecular flexibility index (Phi) is 10.0. The molecule has 2 fully saturated rings. The van der Waals surface area contributed by atoms with E-state index in [1.165, 1.54) is 0 Å². The van der Waals surface area contributed by atoms with Gasteiger partial charge in [-0.15, -0.1) is 0 Å². The summed E-state index contributed by atoms with van der Waals surface area (Å²) in [5, 5.41) is 31.4. The summed E-state index contributed by atoms with van der Waals surface area (Å²) in [6.45, 7) is 8.83. The highest BCUT2D eigenvalue weighted by atomic mass is 16.6. The summed E-state index contributed by atoms with van der Waals surface area (Å²) < 4.78 is 7.25. The van der Waals surface area contributed by atoms with E-state index in [2.05, 4.69) is 40.2 Å². The van der Waals surface area contributed by atoms with E-state index in [0.717, 1.165) is 11.1 Å². The van der Waals surface area contributed by atoms with Crippen molar-refractivity contribution in [1.82, 2.24) is 30.2 Å². The molecule has 0 bridgehead atoms. The fourth-order valence-corrected chi connectivity index (χ4v) is 6.68. The molecule has 2 aliphatic rings. The number of hydrogen-bond donors (Lipinski definition) is 5. The quantitative estimate of drug-likeness (QED) is 0.168. The Balaban J connectivity index is 1.33. The van der Waals surface area contributed by atoms with E-state index < -0.39 is 36.0 Å². The second kappa shape index (κ2) is 14.4. The van der Waals surface area contributed by atoms with Crippen LogP contribution in [-0.4, -0.2) is 91.3 Å². The molecule has 260 valence electrons. The van der Waals surface area contributed by atoms with E-state index in [-0.39, 0.29) is 24.3 Å². The minimum atomic E-state index is -1.15. The lowest BCUT2D eigenvalue weighted by Crippen LogP contribution is -2.42. The molecule has 13 nitrogen and oxygen atoms in total. The number of anilines is 2. The molecule has 49 heavy (non-hydrogen) atoms. The van der Waals surface area contributed by atoms with E-state index in [4.69, 9.17) is 19.7 Å². The SMILES string of the molecule is CCC(=O)N[C@H]1C[C@@H](n2cnc3c(NCC(c4ccccc4)c4ccccc4)nc(N4CCC(NC(=O)OC(C)(C)C)C4)nc32)[C@H](O)[C@@H]1O. The van der Waals surface area contributed by atoms with Crippen LogP contribution in [0.25, 0.3) is 11.2 Å². The first-order chi connectivity index (χ1) is 23.5. The molecule has 5 N–H and O–H groups in total. The fraction of sp³-hybridized carbons (Fsp3) is 0.472. The lowest BCUT2D eigenvalue weighted by Gasteiger charge is -2.23. The number of imidazole rings is 1. The van der Waals surface area contributed by atoms with Crippen LogP contribution in [0.1, 0.15) is 70.0 Å². The Hall–Kier alpha value is -4.75. The van der Waals surface area contributed by atoms with Gasteiger partial charge in [-0.1, -0.05) is 67.6 Å². The smallest absolute Gasteiger partial charge is 0.407 e. The second-order valence-corrected chi connectivity index (χ2v) is 13.8. The fourth-order valence-electron chi connectivity index (χ4n) is 6.68. The van der Waals surface area contributed by atoms with Crippen LogP contribution in [-0.2, 0) is 9.53 Å². The van der Waals surface area contributed by atoms with Crippen molar-refractivity contribution in [2.45, 2.75) is 88.8 Å². The number of fused-ring (bicyclic) bond motifs is 1. The molecule has 3 heterocycles. The number of carbonyl (C=O) groups excluding carboxylic acids is 2. The minimum Gasteiger partial charge on any atom is -0.444 e. The molecule has 1 aliphatic carbocycles. The van der Waals surface area contributed by atoms with Crippen molar-refractivity contribution in [3.63, 3.8) is 0 Å². The molecule has 1 unspecified atom stereocenters. The standard InChI is InChI=1S/C36H46N8O5/c1-5-28(45)40-26-18-27(31(47)30(26)46)44-21-38-29-32(37-19-25(22-12-8-6-9-13-22)23-14-10-7-11-15-23)41-34(42-33(29)44)43-17-16-24(20-43)39-35(48)49-36(2,3)4/h6-15,21,24-27,30-31,46-47H,5,16-20H2,1-4H3,(H,39,48)(H,40,45)(H,37,41,42)/t24?,26-,27+,30+,31-/m0/s1. The maximum absolute atomic E-state index is 12.5. The van der Waals surface area contributed by atoms with E-state index >= 15 is 0 Å². The summed E-state index contributed by atoms with van der Waals surface area (Å²) in [6, 6.07) is 19.2. The predicted molar refractivity (Wildman–Crippen MR) is 186 cm³/mol. The Morgan fingerprint density at radius 1 is 0.980 bits per heavy atom. The van der Waals surface area contributed by atoms with Crippen LogP contribution in [0, 0.1) is 0 Å². The van der Waals surface area contributed by atoms with E-state index in [0.29, 0.717) is 55.4 Å². The lowest BCUT2D eigenvalue weighted by molar-refractivity contribution is -0.122. The summed E-state index contributed by atoms with van der Waals surface area (Å²) in [5.41, 5.74) is 2.70. The molecule has 1 saturated heterocycles. The number of ether oxygens (including phenoxy) is 1. The monoisotopic (exact) mass is 670 g/mol. The van der Waals surface area contributed by atoms with Gasteiger partial charge < -0.3 is 40.4 Å². The molecule has 2 aromatic heterocycles. The molecule has 0 spiro atoms. The Morgan fingerprint density at radius 2 is 1.65 bits per heavy atom. The van der Waals surface area contributed by atoms with Crippen LogP contribution >= 0.6 is 0 Å². The van der Waals surface area contributed by atoms with Crippen LogP contribution in [0.4, 0.5) is 16.6 Å². The van der Waals surface area contributed by atoms with Gasteiger partial charge in [-0.2, -0.15) is 9.97 Å². The van der Waals surface area contributed by atoms with E-state index in [1.807, 2.05) is 62.1 Å². The Morgan fingerprint density at radius 3 is 2.29 bits per heavy atom. The number of aliphatic hydroxyl groups is 2. The summed E-state index contributed by atoms with van der Waals surface area (Å²) in [4.78, 5) is 41.3. The molecule has 6 rings (SSSR count). The van der Waals surface area contributed by atoms with Crippen LogP contribution in [0.5, 0.6) is 0 Å². The normalized spacial score (nSPS) is 22.4. The number of alkyl carbamates (subject to hydrolysis) is 1. The number of nitrogens with one attached hydrogen (secondary N) is 3. The van der Waals surface area contributed by atoms with Crippen LogP contribution < -0.4 is 20.9 Å². The number of nitrogens with zero attached hydrogens (tertiary/aromatic N) is 5. The van der Waals surface area contributed by atoms with Gasteiger partial charge in [0.1, 0.15) is 17.8 Å². The molecule has 1 aliphatic heterocycles. The topological polar surface area (TPSA) is 167 Å². The number of carbonyl (C=O) groups is 2. The van der Waals surface area contributed by atoms with E-state index in [9.17, 15) is 19.8 Å². The number of aliphatic hydroxyl groups excluding tert-OH is 2. The molecule has 2 amide bonds. The molecular weight excluding hydrogens is 624 g/mol. The molecular formula is C36H46N8O5. The van der Waals surface area contributed by atoms with Gasteiger partial charge in [-0.3, -0.25) is 4.79 Å². The van der Waals surface area contributed by atoms with Crippen molar-refractivity contribution < 1.29 is 24.5 Å². The summed E-state index contributed by atoms with van der Waals surface area (Å²) in [6.07, 6.45) is 0.105. The van der Waals surface area contributed by atoms with Crippen molar-refractivity contribution in [3.8, 4) is 0 Å². The minimum absolute atomic E-state index is 0.0156. The maximum Gasteiger partial charge on any atom is 0.407 e. The zero-order chi connectivity index (χ0) is 34.7. The third kappa shape index (κ3) is 7.78. The zero-order valence-electron chi connectivity index (χ0n) is 28.4. The maximum atomic E-state index is 12.5. The first-order valence-electron chi connectivity index (χ1n) is 17.0. The average molecular weight is 671 g/mol. The molecule has 1 saturated carbocycles. The van der Waals surface area contributed by atoms with Gasteiger partial charge in [0.2, 0.25) is 11.9 Å². The number of benzene rings is 2. The van der Waals surface area contributed by atoms with Crippen molar-refractivity contribution in [2.75, 3.05) is 29.9 Å². The third-order valence-electron chi connectivity index (χ3n) is 9.16. The summed E-state index contributed by atoms with van der Waals surface area (Å²) in [5.74, 6) is 0.799. The van der Waals surface area contributed by atoms with Gasteiger partial charge in [0.25, 0.3) is 0 Å². The number of rotatable bonds is 10. The van der Waals surface area contributed by atoms with Crippen LogP contribution in [0.15, 0.2) is 67.0 Å². The molecule has 4 aromatic rings. The number of amides is 2. The molecule has 0 radical (unpaired) electrons. The van der Waals surface area contributed by atoms with Crippen molar-refractivity contribution in [1.29, 1.82) is 0 Å². The van der Waals surface area contributed by atoms with Gasteiger partial charge in [-0.05, 0) is 44.7 Å². The molecule has 2 aromatic carbocycles. The van der Waals surface area contributed by atoms with Gasteiger partial charge in [0.05, 0.1) is 24.5 Å². The van der Waals surface area contributed by atoms with Gasteiger partial charge in [0.15, 0.2) is 17.0 Å².